The van der Waals surface area contributed by atoms with Gasteiger partial charge in [0.05, 0.1) is 6.42 Å². The van der Waals surface area contributed by atoms with Crippen molar-refractivity contribution in [1.82, 2.24) is 15.5 Å². The lowest BCUT2D eigenvalue weighted by molar-refractivity contribution is -0.145. The Bertz CT molecular complexity index is 926. The van der Waals surface area contributed by atoms with Crippen LogP contribution in [0.5, 0.6) is 0 Å². The van der Waals surface area contributed by atoms with E-state index in [0.717, 1.165) is 0 Å². The predicted molar refractivity (Wildman–Crippen MR) is 129 cm³/mol. The Balaban J connectivity index is 3.47. The van der Waals surface area contributed by atoms with Crippen molar-refractivity contribution in [2.45, 2.75) is 84.7 Å². The summed E-state index contributed by atoms with van der Waals surface area (Å²) in [6, 6.07) is 3.66. The first-order valence-electron chi connectivity index (χ1n) is 11.1. The second-order valence-corrected chi connectivity index (χ2v) is 9.54. The summed E-state index contributed by atoms with van der Waals surface area (Å²) < 4.78 is 5.24. The zero-order chi connectivity index (χ0) is 26.2. The van der Waals surface area contributed by atoms with Gasteiger partial charge in [0, 0.05) is 17.6 Å². The maximum absolute atomic E-state index is 13.7. The van der Waals surface area contributed by atoms with E-state index in [1.807, 2.05) is 0 Å². The van der Waals surface area contributed by atoms with Gasteiger partial charge in [-0.05, 0) is 66.2 Å². The third-order valence-electron chi connectivity index (χ3n) is 4.56. The van der Waals surface area contributed by atoms with Gasteiger partial charge in [-0.1, -0.05) is 18.1 Å². The summed E-state index contributed by atoms with van der Waals surface area (Å²) >= 11 is 0. The van der Waals surface area contributed by atoms with E-state index in [0.29, 0.717) is 11.1 Å². The van der Waals surface area contributed by atoms with E-state index in [-0.39, 0.29) is 6.04 Å². The molecule has 0 saturated heterocycles. The monoisotopic (exact) mass is 472 g/mol. The fraction of sp³-hybridized carbons (Fsp3) is 0.520. The van der Waals surface area contributed by atoms with E-state index < -0.39 is 54.0 Å². The minimum Gasteiger partial charge on any atom is -0.444 e. The van der Waals surface area contributed by atoms with Crippen LogP contribution in [0.15, 0.2) is 24.3 Å². The average molecular weight is 473 g/mol. The molecular weight excluding hydrogens is 436 g/mol. The van der Waals surface area contributed by atoms with Crippen LogP contribution >= 0.6 is 0 Å². The van der Waals surface area contributed by atoms with E-state index in [4.69, 9.17) is 16.9 Å². The highest BCUT2D eigenvalue weighted by molar-refractivity contribution is 5.94. The van der Waals surface area contributed by atoms with Crippen molar-refractivity contribution in [2.75, 3.05) is 0 Å². The van der Waals surface area contributed by atoms with Gasteiger partial charge >= 0.3 is 6.09 Å². The van der Waals surface area contributed by atoms with Gasteiger partial charge in [-0.15, -0.1) is 6.42 Å². The minimum absolute atomic E-state index is 0.189. The van der Waals surface area contributed by atoms with E-state index in [9.17, 15) is 19.2 Å². The maximum atomic E-state index is 13.7. The predicted octanol–water partition coefficient (Wildman–Crippen LogP) is 2.24. The molecule has 0 spiro atoms. The van der Waals surface area contributed by atoms with Crippen LogP contribution in [0, 0.1) is 12.3 Å². The molecule has 0 bridgehead atoms. The first-order valence-corrected chi connectivity index (χ1v) is 11.1. The second kappa shape index (κ2) is 12.1. The quantitative estimate of drug-likeness (QED) is 0.475. The lowest BCUT2D eigenvalue weighted by Gasteiger charge is -2.37. The Kier molecular flexibility index (Phi) is 10.1. The molecule has 4 N–H and O–H groups in total. The molecule has 0 aliphatic rings. The fourth-order valence-corrected chi connectivity index (χ4v) is 3.27. The van der Waals surface area contributed by atoms with Crippen LogP contribution in [-0.4, -0.2) is 52.4 Å². The first-order chi connectivity index (χ1) is 15.7. The molecule has 4 amide bonds. The number of carbonyl (C=O) groups is 4. The smallest absolute Gasteiger partial charge is 0.408 e. The third-order valence-corrected chi connectivity index (χ3v) is 4.56. The number of benzene rings is 1. The van der Waals surface area contributed by atoms with E-state index in [2.05, 4.69) is 16.6 Å². The summed E-state index contributed by atoms with van der Waals surface area (Å²) in [4.78, 5) is 52.4. The Hall–Kier alpha value is -3.54. The molecule has 1 aromatic rings. The van der Waals surface area contributed by atoms with Gasteiger partial charge in [-0.3, -0.25) is 14.4 Å². The Morgan fingerprint density at radius 3 is 2.03 bits per heavy atom. The van der Waals surface area contributed by atoms with Gasteiger partial charge in [-0.25, -0.2) is 4.79 Å². The van der Waals surface area contributed by atoms with Crippen molar-refractivity contribution in [3.8, 4) is 12.3 Å². The molecule has 1 aromatic carbocycles. The Morgan fingerprint density at radius 2 is 1.62 bits per heavy atom. The normalized spacial score (nSPS) is 12.9. The fourth-order valence-electron chi connectivity index (χ4n) is 3.27. The molecule has 2 atom stereocenters. The van der Waals surface area contributed by atoms with E-state index >= 15 is 0 Å². The van der Waals surface area contributed by atoms with E-state index in [1.54, 1.807) is 72.7 Å². The molecule has 2 unspecified atom stereocenters. The minimum atomic E-state index is -1.32. The van der Waals surface area contributed by atoms with Crippen molar-refractivity contribution in [2.24, 2.45) is 5.73 Å². The van der Waals surface area contributed by atoms with E-state index in [1.165, 1.54) is 4.90 Å². The number of hydrogen-bond acceptors (Lipinski definition) is 5. The summed E-state index contributed by atoms with van der Waals surface area (Å²) in [7, 11) is 0. The van der Waals surface area contributed by atoms with Crippen LogP contribution in [-0.2, 0) is 19.1 Å². The van der Waals surface area contributed by atoms with Crippen molar-refractivity contribution >= 4 is 23.8 Å². The van der Waals surface area contributed by atoms with Crippen LogP contribution in [0.25, 0.3) is 0 Å². The lowest BCUT2D eigenvalue weighted by atomic mass is 9.99. The summed E-state index contributed by atoms with van der Waals surface area (Å²) in [5.41, 5.74) is 5.68. The number of hydrogen-bond donors (Lipinski definition) is 3. The zero-order valence-corrected chi connectivity index (χ0v) is 21.0. The van der Waals surface area contributed by atoms with Gasteiger partial charge in [-0.2, -0.15) is 0 Å². The number of nitrogens with zero attached hydrogens (tertiary/aromatic N) is 1. The molecule has 34 heavy (non-hydrogen) atoms. The van der Waals surface area contributed by atoms with Crippen LogP contribution in [0.1, 0.15) is 72.1 Å². The number of ether oxygens (including phenoxy) is 1. The highest BCUT2D eigenvalue weighted by atomic mass is 16.6. The van der Waals surface area contributed by atoms with Crippen LogP contribution in [0.3, 0.4) is 0 Å². The number of terminal acetylenes is 1. The van der Waals surface area contributed by atoms with Crippen molar-refractivity contribution in [3.05, 3.63) is 35.4 Å². The van der Waals surface area contributed by atoms with Crippen molar-refractivity contribution in [1.29, 1.82) is 0 Å². The average Bonchev–Trinajstić information content (AvgIpc) is 2.68. The van der Waals surface area contributed by atoms with Gasteiger partial charge in [0.25, 0.3) is 0 Å². The summed E-state index contributed by atoms with van der Waals surface area (Å²) in [6.45, 7) is 12.1. The topological polar surface area (TPSA) is 131 Å². The maximum Gasteiger partial charge on any atom is 0.408 e. The van der Waals surface area contributed by atoms with Crippen LogP contribution in [0.2, 0.25) is 0 Å². The molecule has 9 nitrogen and oxygen atoms in total. The zero-order valence-electron chi connectivity index (χ0n) is 21.0. The molecule has 0 heterocycles. The van der Waals surface area contributed by atoms with Crippen molar-refractivity contribution in [3.63, 3.8) is 0 Å². The molecule has 0 aliphatic heterocycles. The largest absolute Gasteiger partial charge is 0.444 e. The number of rotatable bonds is 9. The highest BCUT2D eigenvalue weighted by Gasteiger charge is 2.38. The van der Waals surface area contributed by atoms with Crippen LogP contribution in [0.4, 0.5) is 4.79 Å². The highest BCUT2D eigenvalue weighted by Crippen LogP contribution is 2.26. The van der Waals surface area contributed by atoms with Gasteiger partial charge in [0.15, 0.2) is 0 Å². The standard InChI is InChI=1S/C25H36N4O5/c1-9-17-10-12-18(13-11-17)21(22(31)27-15(2)3)29(16(4)5)23(32)19(14-20(26)30)28-24(33)34-25(6,7)8/h1,10-13,15-16,19,21H,14H2,2-8H3,(H2,26,30)(H,27,31)(H,28,33). The Morgan fingerprint density at radius 1 is 1.06 bits per heavy atom. The summed E-state index contributed by atoms with van der Waals surface area (Å²) in [5, 5.41) is 5.27. The number of nitrogens with two attached hydrogens (primary N) is 1. The molecule has 0 aromatic heterocycles. The summed E-state index contributed by atoms with van der Waals surface area (Å²) in [6.07, 6.45) is 4.10. The number of amides is 4. The SMILES string of the molecule is C#Cc1ccc(C(C(=O)NC(C)C)N(C(=O)C(CC(N)=O)NC(=O)OC(C)(C)C)C(C)C)cc1. The lowest BCUT2D eigenvalue weighted by Crippen LogP contribution is -2.56. The van der Waals surface area contributed by atoms with Gasteiger partial charge < -0.3 is 26.0 Å². The number of carbonyl (C=O) groups excluding carboxylic acids is 4. The Labute approximate surface area is 201 Å². The van der Waals surface area contributed by atoms with Crippen LogP contribution < -0.4 is 16.4 Å². The summed E-state index contributed by atoms with van der Waals surface area (Å²) in [5.74, 6) is 0.659. The van der Waals surface area contributed by atoms with Crippen molar-refractivity contribution < 1.29 is 23.9 Å². The molecule has 186 valence electrons. The van der Waals surface area contributed by atoms with Gasteiger partial charge in [0.1, 0.15) is 17.7 Å². The molecule has 0 fully saturated rings. The number of primary amides is 1. The molecular formula is C25H36N4O5. The molecule has 0 radical (unpaired) electrons. The molecule has 9 heteroatoms. The number of alkyl carbamates (subject to hydrolysis) is 1. The van der Waals surface area contributed by atoms with Gasteiger partial charge in [0.2, 0.25) is 17.7 Å². The third kappa shape index (κ3) is 8.77. The first kappa shape index (κ1) is 28.5. The molecule has 0 saturated carbocycles. The second-order valence-electron chi connectivity index (χ2n) is 9.54. The number of nitrogens with one attached hydrogen (secondary N) is 2. The molecule has 1 rings (SSSR count). The molecule has 0 aliphatic carbocycles.